The minimum absolute atomic E-state index is 0.0250. The summed E-state index contributed by atoms with van der Waals surface area (Å²) in [5.74, 6) is 0.548. The highest BCUT2D eigenvalue weighted by atomic mass is 32.2. The lowest BCUT2D eigenvalue weighted by Gasteiger charge is -2.38. The molecule has 2 aliphatic heterocycles. The fourth-order valence-corrected chi connectivity index (χ4v) is 19.9. The number of carbonyl (C=O) groups excluding carboxylic acids is 5. The van der Waals surface area contributed by atoms with Crippen molar-refractivity contribution in [3.8, 4) is 0 Å². The highest BCUT2D eigenvalue weighted by molar-refractivity contribution is 7.92. The third-order valence-corrected chi connectivity index (χ3v) is 28.8. The number of unbranched alkanes of at least 4 members (excludes halogenated alkanes) is 4. The van der Waals surface area contributed by atoms with Gasteiger partial charge in [-0.3, -0.25) is 76.5 Å². The zero-order valence-corrected chi connectivity index (χ0v) is 85.0. The summed E-state index contributed by atoms with van der Waals surface area (Å²) in [5, 5.41) is 71.6. The van der Waals surface area contributed by atoms with Gasteiger partial charge < -0.3 is 43.7 Å². The number of ether oxygens (including phenoxy) is 3. The maximum Gasteiger partial charge on any atom is 0.410 e. The number of benzene rings is 7. The van der Waals surface area contributed by atoms with Crippen LogP contribution < -0.4 is 47.1 Å². The molecule has 3 fully saturated rings. The molecule has 140 heavy (non-hydrogen) atoms. The first-order chi connectivity index (χ1) is 67.4. The Balaban J connectivity index is 0.000000268. The van der Waals surface area contributed by atoms with E-state index in [2.05, 4.69) is 147 Å². The fourth-order valence-electron chi connectivity index (χ4n) is 16.6. The number of piperidine rings is 2. The van der Waals surface area contributed by atoms with Crippen LogP contribution in [-0.2, 0) is 58.5 Å². The van der Waals surface area contributed by atoms with E-state index < -0.39 is 87.4 Å². The number of rotatable bonds is 43. The molecule has 35 nitrogen and oxygen atoms in total. The Bertz CT molecular complexity index is 5230. The minimum atomic E-state index is -4.04. The zero-order valence-electron chi connectivity index (χ0n) is 82.6. The van der Waals surface area contributed by atoms with Crippen molar-refractivity contribution in [3.05, 3.63) is 244 Å². The lowest BCUT2D eigenvalue weighted by molar-refractivity contribution is -0.921. The van der Waals surface area contributed by atoms with Gasteiger partial charge in [-0.2, -0.15) is 6.32 Å². The fraction of sp³-hybridized carbons (Fsp3) is 0.495. The first-order valence-corrected chi connectivity index (χ1v) is 53.2. The van der Waals surface area contributed by atoms with Gasteiger partial charge in [0, 0.05) is 61.2 Å². The van der Waals surface area contributed by atoms with E-state index in [1.54, 1.807) is 81.2 Å². The predicted molar refractivity (Wildman–Crippen MR) is 546 cm³/mol. The summed E-state index contributed by atoms with van der Waals surface area (Å²) in [6.45, 7) is 28.5. The van der Waals surface area contributed by atoms with E-state index in [1.807, 2.05) is 6.07 Å². The molecule has 3 amide bonds. The largest absolute Gasteiger partial charge is 0.549 e. The number of carbonyl (C=O) groups is 5. The summed E-state index contributed by atoms with van der Waals surface area (Å²) < 4.78 is 65.9. The molecular formula is C101H144BN14O21S3+. The van der Waals surface area contributed by atoms with Crippen molar-refractivity contribution in [2.45, 2.75) is 231 Å². The molecule has 0 spiro atoms. The van der Waals surface area contributed by atoms with Gasteiger partial charge in [0.1, 0.15) is 31.9 Å². The first kappa shape index (κ1) is 116. The Morgan fingerprint density at radius 2 is 0.886 bits per heavy atom. The molecule has 3 heterocycles. The number of likely N-dealkylation sites (tertiary alicyclic amines) is 2. The maximum absolute atomic E-state index is 13.1. The number of quaternary nitrogens is 1. The van der Waals surface area contributed by atoms with E-state index in [0.29, 0.717) is 61.5 Å². The van der Waals surface area contributed by atoms with E-state index >= 15 is 0 Å². The van der Waals surface area contributed by atoms with Gasteiger partial charge in [-0.1, -0.05) is 189 Å². The molecule has 39 heteroatoms. The Labute approximate surface area is 828 Å². The van der Waals surface area contributed by atoms with Crippen molar-refractivity contribution in [2.75, 3.05) is 97.4 Å². The number of thiophene rings is 1. The van der Waals surface area contributed by atoms with Crippen LogP contribution in [0.4, 0.5) is 37.1 Å². The van der Waals surface area contributed by atoms with E-state index in [0.717, 1.165) is 194 Å². The number of fused-ring (bicyclic) bond motifs is 1. The Morgan fingerprint density at radius 3 is 1.32 bits per heavy atom. The van der Waals surface area contributed by atoms with E-state index in [4.69, 9.17) is 14.2 Å². The molecule has 0 radical (unpaired) electrons. The Hall–Kier alpha value is -12.5. The SMILES string of the molecule is CCCC[BH2-]c1ccccc1.CCCC[N+](CCCC)(CCCC)CC(=O)c1cc2ccccc2s1.CCNC(NCC)=[NH+]CC[NH+]=C(NCC)NCC.O=C(NC1CCCCC1)OCc1c([N+](=O)[O-])cccc1[N+](=O)[O-].O=C(OCc1ccccc1[N+](=O)[O-])N1CCC(CCCC2CCN(C(=O)OCc3ccccc3[N+](=O)[O-])CC2)CC1.O=C([O-])CS(=O)(=O)c1ccc(S(=O)(=O)c2ccccc2)cc1. The quantitative estimate of drug-likeness (QED) is 0.00215. The van der Waals surface area contributed by atoms with Gasteiger partial charge in [0.15, 0.2) is 9.84 Å². The Morgan fingerprint density at radius 1 is 0.471 bits per heavy atom. The van der Waals surface area contributed by atoms with Crippen molar-refractivity contribution in [1.29, 1.82) is 0 Å². The topological polar surface area (TPSA) is 472 Å². The number of carboxylic acid groups (broad SMARTS) is 1. The van der Waals surface area contributed by atoms with Gasteiger partial charge in [-0.15, -0.1) is 11.3 Å². The number of guanidine groups is 2. The summed E-state index contributed by atoms with van der Waals surface area (Å²) in [7, 11) is -7.60. The third kappa shape index (κ3) is 41.5. The third-order valence-electron chi connectivity index (χ3n) is 24.3. The molecule has 1 saturated carbocycles. The maximum atomic E-state index is 13.1. The van der Waals surface area contributed by atoms with Crippen LogP contribution in [0.5, 0.6) is 0 Å². The van der Waals surface area contributed by atoms with Gasteiger partial charge >= 0.3 is 30.2 Å². The van der Waals surface area contributed by atoms with Crippen LogP contribution >= 0.6 is 11.3 Å². The van der Waals surface area contributed by atoms with Crippen molar-refractivity contribution < 1.29 is 94.3 Å². The van der Waals surface area contributed by atoms with Crippen molar-refractivity contribution in [2.24, 2.45) is 11.8 Å². The number of carboxylic acids is 1. The molecule has 2 saturated heterocycles. The van der Waals surface area contributed by atoms with Gasteiger partial charge in [-0.25, -0.2) is 36.7 Å². The molecule has 0 unspecified atom stereocenters. The number of ketones is 1. The molecule has 0 bridgehead atoms. The van der Waals surface area contributed by atoms with Gasteiger partial charge in [-0.05, 0) is 177 Å². The molecule has 7 aromatic carbocycles. The number of nitro benzene ring substituents is 4. The molecule has 3 aliphatic rings. The molecule has 764 valence electrons. The van der Waals surface area contributed by atoms with Crippen LogP contribution in [0.25, 0.3) is 10.1 Å². The molecule has 8 aromatic rings. The number of nitrogens with one attached hydrogen (secondary N) is 7. The first-order valence-electron chi connectivity index (χ1n) is 49.3. The number of nitrogens with zero attached hydrogens (tertiary/aromatic N) is 7. The van der Waals surface area contributed by atoms with Crippen LogP contribution in [0.1, 0.15) is 210 Å². The van der Waals surface area contributed by atoms with E-state index in [-0.39, 0.29) is 58.2 Å². The molecule has 11 rings (SSSR count). The van der Waals surface area contributed by atoms with Crippen LogP contribution in [0, 0.1) is 52.3 Å². The second-order valence-electron chi connectivity index (χ2n) is 34.8. The highest BCUT2D eigenvalue weighted by Gasteiger charge is 2.33. The van der Waals surface area contributed by atoms with Gasteiger partial charge in [0.2, 0.25) is 15.6 Å². The van der Waals surface area contributed by atoms with Crippen LogP contribution in [0.2, 0.25) is 6.32 Å². The molecular weight excluding hydrogens is 1850 g/mol. The number of amides is 3. The second kappa shape index (κ2) is 64.0. The number of Topliss-reactive ketones (excluding diaryl/α,β-unsaturated/α-hetero) is 1. The number of hydrogen-bond donors (Lipinski definition) is 7. The number of nitro groups is 4. The number of sulfone groups is 2. The summed E-state index contributed by atoms with van der Waals surface area (Å²) in [6, 6.07) is 49.4. The minimum Gasteiger partial charge on any atom is -0.549 e. The lowest BCUT2D eigenvalue weighted by Crippen LogP contribution is -2.88. The number of alkyl carbamates (subject to hydrolysis) is 1. The summed E-state index contributed by atoms with van der Waals surface area (Å²) >= 11 is 1.66. The summed E-state index contributed by atoms with van der Waals surface area (Å²) in [5.41, 5.74) is 1.14. The van der Waals surface area contributed by atoms with Crippen LogP contribution in [0.3, 0.4) is 0 Å². The number of hydrogen-bond acceptors (Lipinski definition) is 22. The van der Waals surface area contributed by atoms with E-state index in [1.165, 1.54) is 98.1 Å². The van der Waals surface area contributed by atoms with Crippen molar-refractivity contribution >= 4 is 119 Å². The molecule has 0 atom stereocenters. The van der Waals surface area contributed by atoms with Crippen molar-refractivity contribution in [1.82, 2.24) is 36.4 Å². The van der Waals surface area contributed by atoms with Crippen molar-refractivity contribution in [3.63, 3.8) is 0 Å². The van der Waals surface area contributed by atoms with Crippen LogP contribution in [-0.4, -0.2) is 203 Å². The standard InChI is InChI=1S/C29H36N4O8.C22H34NOS.C14H17N3O6.C14H12O6S2.C12H28N6.C10H16B/c34-28(40-20-24-8-1-3-10-26(24)32(36)37)30-16-12-22(13-17-30)6-5-7-23-14-18-31(19-15-23)29(35)41-21-25-9-2-4-11-27(25)33(38)39;1-4-7-14-23(15-8-5-2,16-9-6-3)18-20(24)22-17-19-12-10-11-13-21(19)25-22;18-14(15-10-5-2-1-3-6-10)23-9-11-12(16(19)20)7-4-8-13(11)17(21)22;15-14(16)10-21(17,18)11-6-8-13(9-7-11)22(19,20)12-4-2-1-3-5-12;1-5-13-11(14-6-2)17-9-10-18-12(15-7-3)16-8-4;1-2-3-9-11-10-7-5-4-6-8-10/h1-4,8-11,22-23H,5-7,12-21H2;10-13,17H,4-9,14-16,18H2,1-3H3;4,7-8,10H,1-3,5-6,9H2,(H,15,18);1-9H,10H2,(H,15,16);5-10H2,1-4H3,(H2,13,14,17)(H2,15,16,18);4-8H,2-3,9,11H2,1H3/q;+1;;;;-1/p+1. The normalized spacial score (nSPS) is 13.2. The average molecular weight is 2000 g/mol. The van der Waals surface area contributed by atoms with Crippen LogP contribution in [0.15, 0.2) is 197 Å². The summed E-state index contributed by atoms with van der Waals surface area (Å²) in [4.78, 5) is 113. The zero-order chi connectivity index (χ0) is 102. The van der Waals surface area contributed by atoms with Gasteiger partial charge in [0.05, 0.1) is 121 Å². The summed E-state index contributed by atoms with van der Waals surface area (Å²) in [6.07, 6.45) is 21.7. The second-order valence-corrected chi connectivity index (χ2v) is 39.8. The number of aliphatic carboxylic acids is 1. The predicted octanol–water partition coefficient (Wildman–Crippen LogP) is 13.5. The number of para-hydroxylation sites is 2. The monoisotopic (exact) mass is 2000 g/mol. The molecule has 7 N–H and O–H groups in total. The highest BCUT2D eigenvalue weighted by Crippen LogP contribution is 2.33. The lowest BCUT2D eigenvalue weighted by atomic mass is 9.66. The molecule has 1 aromatic heterocycles. The molecule has 1 aliphatic carbocycles. The Kier molecular flexibility index (Phi) is 53.1. The average Bonchev–Trinajstić information content (AvgIpc) is 0.929. The smallest absolute Gasteiger partial charge is 0.410 e. The van der Waals surface area contributed by atoms with Gasteiger partial charge in [0.25, 0.3) is 22.7 Å². The van der Waals surface area contributed by atoms with E-state index in [9.17, 15) is 86.4 Å².